The summed E-state index contributed by atoms with van der Waals surface area (Å²) in [6.45, 7) is 5.93. The van der Waals surface area contributed by atoms with Gasteiger partial charge in [0.2, 0.25) is 0 Å². The van der Waals surface area contributed by atoms with Crippen molar-refractivity contribution in [1.82, 2.24) is 9.97 Å². The Labute approximate surface area is 174 Å². The van der Waals surface area contributed by atoms with Crippen LogP contribution in [0.1, 0.15) is 71.3 Å². The van der Waals surface area contributed by atoms with Crippen LogP contribution in [0.25, 0.3) is 11.4 Å². The van der Waals surface area contributed by atoms with Gasteiger partial charge in [-0.15, -0.1) is 0 Å². The molecule has 154 valence electrons. The maximum Gasteiger partial charge on any atom is 0.331 e. The second-order valence-electron chi connectivity index (χ2n) is 7.69. The Bertz CT molecular complexity index is 810. The summed E-state index contributed by atoms with van der Waals surface area (Å²) in [5.74, 6) is 0.562. The standard InChI is InChI=1S/C24H31N3O2/c1-4-6-8-10-19-16-26-22(27-17-19)20-11-13-21(14-12-20)29-23(28)24(3,18-25)15-9-7-5-2/h11-14,16-17H,4-10,15H2,1-3H3. The van der Waals surface area contributed by atoms with E-state index in [9.17, 15) is 10.1 Å². The average molecular weight is 394 g/mol. The highest BCUT2D eigenvalue weighted by Gasteiger charge is 2.35. The van der Waals surface area contributed by atoms with E-state index in [1.165, 1.54) is 12.8 Å². The van der Waals surface area contributed by atoms with Crippen LogP contribution in [0, 0.1) is 16.7 Å². The van der Waals surface area contributed by atoms with E-state index in [4.69, 9.17) is 4.74 Å². The van der Waals surface area contributed by atoms with Gasteiger partial charge < -0.3 is 4.74 Å². The van der Waals surface area contributed by atoms with Crippen LogP contribution in [0.15, 0.2) is 36.7 Å². The van der Waals surface area contributed by atoms with Crippen molar-refractivity contribution in [2.75, 3.05) is 0 Å². The molecular weight excluding hydrogens is 362 g/mol. The third-order valence-corrected chi connectivity index (χ3v) is 5.07. The van der Waals surface area contributed by atoms with Gasteiger partial charge in [-0.25, -0.2) is 14.8 Å². The summed E-state index contributed by atoms with van der Waals surface area (Å²) in [7, 11) is 0. The van der Waals surface area contributed by atoms with Crippen molar-refractivity contribution in [3.8, 4) is 23.2 Å². The number of benzene rings is 1. The minimum absolute atomic E-state index is 0.423. The lowest BCUT2D eigenvalue weighted by Crippen LogP contribution is -2.30. The van der Waals surface area contributed by atoms with E-state index in [1.54, 1.807) is 19.1 Å². The Hall–Kier alpha value is -2.74. The zero-order valence-electron chi connectivity index (χ0n) is 17.8. The van der Waals surface area contributed by atoms with Crippen LogP contribution in [0.4, 0.5) is 0 Å². The van der Waals surface area contributed by atoms with Gasteiger partial charge in [0.25, 0.3) is 0 Å². The van der Waals surface area contributed by atoms with Crippen molar-refractivity contribution in [2.24, 2.45) is 5.41 Å². The molecule has 0 aliphatic rings. The number of esters is 1. The van der Waals surface area contributed by atoms with E-state index in [-0.39, 0.29) is 0 Å². The van der Waals surface area contributed by atoms with Crippen LogP contribution >= 0.6 is 0 Å². The van der Waals surface area contributed by atoms with Crippen LogP contribution < -0.4 is 4.74 Å². The fraction of sp³-hybridized carbons (Fsp3) is 0.500. The predicted molar refractivity (Wildman–Crippen MR) is 114 cm³/mol. The average Bonchev–Trinajstić information content (AvgIpc) is 2.75. The first-order valence-electron chi connectivity index (χ1n) is 10.6. The van der Waals surface area contributed by atoms with Gasteiger partial charge in [-0.1, -0.05) is 46.0 Å². The molecule has 0 aliphatic heterocycles. The van der Waals surface area contributed by atoms with E-state index in [0.717, 1.165) is 43.2 Å². The number of nitrogens with zero attached hydrogens (tertiary/aromatic N) is 3. The molecule has 1 unspecified atom stereocenters. The molecule has 0 N–H and O–H groups in total. The highest BCUT2D eigenvalue weighted by Crippen LogP contribution is 2.27. The molecule has 0 bridgehead atoms. The highest BCUT2D eigenvalue weighted by atomic mass is 16.5. The minimum Gasteiger partial charge on any atom is -0.425 e. The summed E-state index contributed by atoms with van der Waals surface area (Å²) in [6.07, 6.45) is 11.7. The Kier molecular flexibility index (Phi) is 8.79. The van der Waals surface area contributed by atoms with Gasteiger partial charge in [0.15, 0.2) is 11.2 Å². The quantitative estimate of drug-likeness (QED) is 0.270. The fourth-order valence-electron chi connectivity index (χ4n) is 3.04. The van der Waals surface area contributed by atoms with Crippen molar-refractivity contribution in [3.05, 3.63) is 42.2 Å². The van der Waals surface area contributed by atoms with Gasteiger partial charge in [0.05, 0.1) is 6.07 Å². The molecule has 1 aromatic carbocycles. The largest absolute Gasteiger partial charge is 0.425 e. The molecule has 0 saturated carbocycles. The van der Waals surface area contributed by atoms with Crippen LogP contribution in [0.2, 0.25) is 0 Å². The molecule has 0 amide bonds. The van der Waals surface area contributed by atoms with E-state index in [2.05, 4.69) is 29.9 Å². The zero-order valence-corrected chi connectivity index (χ0v) is 17.8. The van der Waals surface area contributed by atoms with Gasteiger partial charge in [0.1, 0.15) is 5.75 Å². The van der Waals surface area contributed by atoms with E-state index >= 15 is 0 Å². The number of rotatable bonds is 11. The summed E-state index contributed by atoms with van der Waals surface area (Å²) in [6, 6.07) is 9.22. The third-order valence-electron chi connectivity index (χ3n) is 5.07. The fourth-order valence-corrected chi connectivity index (χ4v) is 3.04. The van der Waals surface area contributed by atoms with Gasteiger partial charge in [-0.05, 0) is 56.0 Å². The summed E-state index contributed by atoms with van der Waals surface area (Å²) in [4.78, 5) is 21.4. The van der Waals surface area contributed by atoms with E-state index in [1.807, 2.05) is 24.5 Å². The second kappa shape index (κ2) is 11.3. The summed E-state index contributed by atoms with van der Waals surface area (Å²) in [5, 5.41) is 9.45. The van der Waals surface area contributed by atoms with Crippen LogP contribution in [0.3, 0.4) is 0 Å². The Balaban J connectivity index is 1.99. The summed E-state index contributed by atoms with van der Waals surface area (Å²) in [5.41, 5.74) is 0.882. The molecule has 1 heterocycles. The smallest absolute Gasteiger partial charge is 0.331 e. The lowest BCUT2D eigenvalue weighted by molar-refractivity contribution is -0.142. The number of hydrogen-bond donors (Lipinski definition) is 0. The highest BCUT2D eigenvalue weighted by molar-refractivity contribution is 5.81. The van der Waals surface area contributed by atoms with E-state index in [0.29, 0.717) is 18.0 Å². The van der Waals surface area contributed by atoms with Crippen molar-refractivity contribution < 1.29 is 9.53 Å². The number of carbonyl (C=O) groups excluding carboxylic acids is 1. The second-order valence-corrected chi connectivity index (χ2v) is 7.69. The maximum absolute atomic E-state index is 12.5. The molecule has 1 atom stereocenters. The predicted octanol–water partition coefficient (Wildman–Crippen LogP) is 5.89. The Morgan fingerprint density at radius 3 is 2.24 bits per heavy atom. The van der Waals surface area contributed by atoms with Crippen LogP contribution in [-0.4, -0.2) is 15.9 Å². The number of aryl methyl sites for hydroxylation is 1. The Morgan fingerprint density at radius 1 is 1.03 bits per heavy atom. The normalized spacial score (nSPS) is 12.8. The molecule has 2 aromatic rings. The molecule has 0 saturated heterocycles. The minimum atomic E-state index is -1.12. The van der Waals surface area contributed by atoms with Crippen LogP contribution in [-0.2, 0) is 11.2 Å². The number of aromatic nitrogens is 2. The monoisotopic (exact) mass is 393 g/mol. The van der Waals surface area contributed by atoms with Crippen LogP contribution in [0.5, 0.6) is 5.75 Å². The molecular formula is C24H31N3O2. The van der Waals surface area contributed by atoms with Crippen molar-refractivity contribution in [3.63, 3.8) is 0 Å². The first-order chi connectivity index (χ1) is 14.0. The number of nitriles is 1. The number of hydrogen-bond acceptors (Lipinski definition) is 5. The summed E-state index contributed by atoms with van der Waals surface area (Å²) < 4.78 is 5.46. The lowest BCUT2D eigenvalue weighted by Gasteiger charge is -2.19. The van der Waals surface area contributed by atoms with Gasteiger partial charge >= 0.3 is 5.97 Å². The first kappa shape index (κ1) is 22.5. The number of ether oxygens (including phenoxy) is 1. The van der Waals surface area contributed by atoms with Gasteiger partial charge in [-0.3, -0.25) is 0 Å². The molecule has 0 aliphatic carbocycles. The molecule has 1 aromatic heterocycles. The van der Waals surface area contributed by atoms with Crippen molar-refractivity contribution >= 4 is 5.97 Å². The molecule has 2 rings (SSSR count). The lowest BCUT2D eigenvalue weighted by atomic mass is 9.86. The van der Waals surface area contributed by atoms with Gasteiger partial charge in [0, 0.05) is 18.0 Å². The summed E-state index contributed by atoms with van der Waals surface area (Å²) >= 11 is 0. The van der Waals surface area contributed by atoms with Crippen molar-refractivity contribution in [1.29, 1.82) is 5.26 Å². The van der Waals surface area contributed by atoms with Crippen molar-refractivity contribution in [2.45, 2.75) is 72.1 Å². The molecule has 0 radical (unpaired) electrons. The molecule has 0 spiro atoms. The molecule has 5 nitrogen and oxygen atoms in total. The van der Waals surface area contributed by atoms with E-state index < -0.39 is 11.4 Å². The molecule has 29 heavy (non-hydrogen) atoms. The first-order valence-corrected chi connectivity index (χ1v) is 10.6. The molecule has 0 fully saturated rings. The molecule has 5 heteroatoms. The third kappa shape index (κ3) is 6.67. The Morgan fingerprint density at radius 2 is 1.66 bits per heavy atom. The topological polar surface area (TPSA) is 75.9 Å². The number of unbranched alkanes of at least 4 members (excludes halogenated alkanes) is 4. The number of carbonyl (C=O) groups is 1. The van der Waals surface area contributed by atoms with Gasteiger partial charge in [-0.2, -0.15) is 5.26 Å². The SMILES string of the molecule is CCCCCc1cnc(-c2ccc(OC(=O)C(C)(C#N)CCCCC)cc2)nc1. The maximum atomic E-state index is 12.5. The zero-order chi connectivity index (χ0) is 21.1.